The number of rotatable bonds is 8. The maximum Gasteiger partial charge on any atom is 0.212 e. The van der Waals surface area contributed by atoms with Crippen molar-refractivity contribution in [1.29, 1.82) is 0 Å². The third kappa shape index (κ3) is 6.74. The molecular formula is C14H29NO2S. The van der Waals surface area contributed by atoms with Gasteiger partial charge in [0.25, 0.3) is 0 Å². The summed E-state index contributed by atoms with van der Waals surface area (Å²) < 4.78 is 26.9. The zero-order valence-corrected chi connectivity index (χ0v) is 12.8. The number of nitrogens with one attached hydrogen (secondary N) is 1. The Bertz CT molecular complexity index is 308. The van der Waals surface area contributed by atoms with Gasteiger partial charge in [-0.1, -0.05) is 45.4 Å². The molecule has 1 rings (SSSR count). The maximum absolute atomic E-state index is 12.0. The molecule has 0 bridgehead atoms. The topological polar surface area (TPSA) is 46.2 Å². The first-order valence-corrected chi connectivity index (χ1v) is 9.18. The minimum absolute atomic E-state index is 0.0881. The van der Waals surface area contributed by atoms with Crippen LogP contribution in [0.15, 0.2) is 0 Å². The van der Waals surface area contributed by atoms with Gasteiger partial charge in [0.2, 0.25) is 10.0 Å². The summed E-state index contributed by atoms with van der Waals surface area (Å²) in [6.07, 6.45) is 10.3. The van der Waals surface area contributed by atoms with Gasteiger partial charge in [0.05, 0.1) is 5.75 Å². The normalized spacial score (nSPS) is 19.9. The van der Waals surface area contributed by atoms with Crippen LogP contribution in [0.1, 0.15) is 71.6 Å². The summed E-state index contributed by atoms with van der Waals surface area (Å²) in [5.74, 6) is 0.726. The lowest BCUT2D eigenvalue weighted by atomic mass is 9.91. The Hall–Kier alpha value is -0.0900. The Morgan fingerprint density at radius 2 is 1.83 bits per heavy atom. The summed E-state index contributed by atoms with van der Waals surface area (Å²) >= 11 is 0. The Kier molecular flexibility index (Phi) is 7.23. The average Bonchev–Trinajstić information content (AvgIpc) is 2.29. The van der Waals surface area contributed by atoms with Crippen LogP contribution >= 0.6 is 0 Å². The van der Waals surface area contributed by atoms with E-state index < -0.39 is 10.0 Å². The lowest BCUT2D eigenvalue weighted by molar-refractivity contribution is 0.383. The molecule has 0 aromatic rings. The van der Waals surface area contributed by atoms with Crippen molar-refractivity contribution in [2.75, 3.05) is 5.75 Å². The lowest BCUT2D eigenvalue weighted by Crippen LogP contribution is -2.36. The first kappa shape index (κ1) is 16.0. The summed E-state index contributed by atoms with van der Waals surface area (Å²) in [5, 5.41) is 0. The maximum atomic E-state index is 12.0. The van der Waals surface area contributed by atoms with Crippen LogP contribution in [0.4, 0.5) is 0 Å². The van der Waals surface area contributed by atoms with E-state index in [1.54, 1.807) is 0 Å². The summed E-state index contributed by atoms with van der Waals surface area (Å²) in [4.78, 5) is 0. The van der Waals surface area contributed by atoms with Gasteiger partial charge in [-0.3, -0.25) is 0 Å². The number of hydrogen-bond donors (Lipinski definition) is 1. The molecule has 18 heavy (non-hydrogen) atoms. The monoisotopic (exact) mass is 275 g/mol. The standard InChI is InChI=1S/C14H29NO2S/c1-3-4-6-9-13(2)15-18(16,17)12-14-10-7-5-8-11-14/h13-15H,3-12H2,1-2H3. The van der Waals surface area contributed by atoms with E-state index in [2.05, 4.69) is 11.6 Å². The van der Waals surface area contributed by atoms with Crippen molar-refractivity contribution in [2.24, 2.45) is 5.92 Å². The SMILES string of the molecule is CCCCCC(C)NS(=O)(=O)CC1CCCCC1. The molecular weight excluding hydrogens is 246 g/mol. The van der Waals surface area contributed by atoms with Gasteiger partial charge in [-0.15, -0.1) is 0 Å². The van der Waals surface area contributed by atoms with E-state index in [0.29, 0.717) is 11.7 Å². The summed E-state index contributed by atoms with van der Waals surface area (Å²) in [7, 11) is -3.07. The Morgan fingerprint density at radius 3 is 2.44 bits per heavy atom. The molecule has 0 amide bonds. The minimum atomic E-state index is -3.07. The van der Waals surface area contributed by atoms with Gasteiger partial charge in [0.15, 0.2) is 0 Å². The van der Waals surface area contributed by atoms with E-state index in [1.165, 1.54) is 32.1 Å². The van der Waals surface area contributed by atoms with E-state index in [-0.39, 0.29) is 6.04 Å². The van der Waals surface area contributed by atoms with Crippen molar-refractivity contribution in [3.8, 4) is 0 Å². The summed E-state index contributed by atoms with van der Waals surface area (Å²) in [6, 6.07) is 0.0881. The molecule has 0 heterocycles. The first-order chi connectivity index (χ1) is 8.53. The average molecular weight is 275 g/mol. The van der Waals surface area contributed by atoms with Gasteiger partial charge in [-0.25, -0.2) is 13.1 Å². The van der Waals surface area contributed by atoms with Crippen LogP contribution in [0.3, 0.4) is 0 Å². The third-order valence-corrected chi connectivity index (χ3v) is 5.47. The smallest absolute Gasteiger partial charge is 0.212 e. The second-order valence-electron chi connectivity index (χ2n) is 5.80. The number of hydrogen-bond acceptors (Lipinski definition) is 2. The molecule has 1 saturated carbocycles. The second-order valence-corrected chi connectivity index (χ2v) is 7.60. The fourth-order valence-corrected chi connectivity index (χ4v) is 4.56. The molecule has 0 aromatic carbocycles. The van der Waals surface area contributed by atoms with Crippen molar-refractivity contribution in [3.63, 3.8) is 0 Å². The van der Waals surface area contributed by atoms with Crippen molar-refractivity contribution in [3.05, 3.63) is 0 Å². The molecule has 1 unspecified atom stereocenters. The van der Waals surface area contributed by atoms with Crippen LogP contribution in [0.2, 0.25) is 0 Å². The first-order valence-electron chi connectivity index (χ1n) is 7.53. The highest BCUT2D eigenvalue weighted by atomic mass is 32.2. The summed E-state index contributed by atoms with van der Waals surface area (Å²) in [5.41, 5.74) is 0. The Labute approximate surface area is 113 Å². The zero-order valence-electron chi connectivity index (χ0n) is 12.0. The minimum Gasteiger partial charge on any atom is -0.212 e. The van der Waals surface area contributed by atoms with Crippen LogP contribution in [-0.4, -0.2) is 20.2 Å². The molecule has 0 aliphatic heterocycles. The van der Waals surface area contributed by atoms with E-state index in [9.17, 15) is 8.42 Å². The highest BCUT2D eigenvalue weighted by molar-refractivity contribution is 7.89. The van der Waals surface area contributed by atoms with E-state index in [0.717, 1.165) is 25.7 Å². The molecule has 1 aliphatic rings. The molecule has 4 heteroatoms. The highest BCUT2D eigenvalue weighted by Crippen LogP contribution is 2.24. The van der Waals surface area contributed by atoms with Crippen LogP contribution in [-0.2, 0) is 10.0 Å². The van der Waals surface area contributed by atoms with Gasteiger partial charge < -0.3 is 0 Å². The van der Waals surface area contributed by atoms with Gasteiger partial charge in [0.1, 0.15) is 0 Å². The second kappa shape index (κ2) is 8.16. The molecule has 1 N–H and O–H groups in total. The molecule has 3 nitrogen and oxygen atoms in total. The van der Waals surface area contributed by atoms with Crippen molar-refractivity contribution < 1.29 is 8.42 Å². The van der Waals surface area contributed by atoms with Gasteiger partial charge in [0, 0.05) is 6.04 Å². The van der Waals surface area contributed by atoms with E-state index in [1.807, 2.05) is 6.92 Å². The van der Waals surface area contributed by atoms with Crippen LogP contribution in [0, 0.1) is 5.92 Å². The lowest BCUT2D eigenvalue weighted by Gasteiger charge is -2.22. The van der Waals surface area contributed by atoms with Crippen molar-refractivity contribution in [2.45, 2.75) is 77.7 Å². The molecule has 1 atom stereocenters. The molecule has 0 radical (unpaired) electrons. The quantitative estimate of drug-likeness (QED) is 0.690. The van der Waals surface area contributed by atoms with Crippen molar-refractivity contribution >= 4 is 10.0 Å². The molecule has 0 saturated heterocycles. The van der Waals surface area contributed by atoms with Crippen LogP contribution in [0.25, 0.3) is 0 Å². The van der Waals surface area contributed by atoms with Crippen LogP contribution < -0.4 is 4.72 Å². The number of sulfonamides is 1. The van der Waals surface area contributed by atoms with E-state index >= 15 is 0 Å². The predicted octanol–water partition coefficient (Wildman–Crippen LogP) is 3.45. The number of unbranched alkanes of at least 4 members (excludes halogenated alkanes) is 2. The highest BCUT2D eigenvalue weighted by Gasteiger charge is 2.22. The fraction of sp³-hybridized carbons (Fsp3) is 1.00. The van der Waals surface area contributed by atoms with Crippen LogP contribution in [0.5, 0.6) is 0 Å². The molecule has 0 spiro atoms. The summed E-state index contributed by atoms with van der Waals surface area (Å²) in [6.45, 7) is 4.14. The largest absolute Gasteiger partial charge is 0.212 e. The predicted molar refractivity (Wildman–Crippen MR) is 77.1 cm³/mol. The van der Waals surface area contributed by atoms with Crippen molar-refractivity contribution in [1.82, 2.24) is 4.72 Å². The van der Waals surface area contributed by atoms with Gasteiger partial charge >= 0.3 is 0 Å². The molecule has 108 valence electrons. The Morgan fingerprint density at radius 1 is 1.17 bits per heavy atom. The fourth-order valence-electron chi connectivity index (χ4n) is 2.78. The van der Waals surface area contributed by atoms with Gasteiger partial charge in [-0.2, -0.15) is 0 Å². The third-order valence-electron chi connectivity index (χ3n) is 3.80. The molecule has 1 aliphatic carbocycles. The zero-order chi connectivity index (χ0) is 13.4. The Balaban J connectivity index is 2.29. The molecule has 0 aromatic heterocycles. The molecule has 1 fully saturated rings. The van der Waals surface area contributed by atoms with Gasteiger partial charge in [-0.05, 0) is 32.1 Å². The van der Waals surface area contributed by atoms with E-state index in [4.69, 9.17) is 0 Å².